The van der Waals surface area contributed by atoms with Crippen molar-refractivity contribution >= 4 is 75.6 Å². The lowest BCUT2D eigenvalue weighted by Crippen LogP contribution is -2.33. The van der Waals surface area contributed by atoms with Crippen LogP contribution in [0.15, 0.2) is 199 Å². The van der Waals surface area contributed by atoms with Crippen LogP contribution in [-0.4, -0.2) is 15.4 Å². The molecule has 0 aliphatic carbocycles. The summed E-state index contributed by atoms with van der Waals surface area (Å²) >= 11 is 1.90. The van der Waals surface area contributed by atoms with Crippen LogP contribution < -0.4 is 5.32 Å². The van der Waals surface area contributed by atoms with E-state index in [0.29, 0.717) is 0 Å². The number of rotatable bonds is 5. The molecule has 0 saturated heterocycles. The molecule has 0 fully saturated rings. The van der Waals surface area contributed by atoms with Crippen molar-refractivity contribution < 1.29 is 0 Å². The van der Waals surface area contributed by atoms with E-state index in [1.807, 2.05) is 23.6 Å². The molecule has 272 valence electrons. The summed E-state index contributed by atoms with van der Waals surface area (Å²) in [5.41, 5.74) is 12.1. The highest BCUT2D eigenvalue weighted by Gasteiger charge is 2.27. The Labute approximate surface area is 339 Å². The Balaban J connectivity index is 1.05. The van der Waals surface area contributed by atoms with E-state index in [1.54, 1.807) is 0 Å². The standard InChI is InChI=1S/C53H34N4S/c1-3-15-33(16-4-1)36-29-37(34-17-5-2-6-18-34)31-38(30-36)49-50-44(25-14-28-54-50)55-53(56-49)35-19-13-20-39(32-35)57-45-26-11-9-23-42(45)48-51(57)41-22-8-7-21-40(41)47-43-24-10-12-27-46(43)58-52(47)48/h1-32,49H,(H,55,56). The summed E-state index contributed by atoms with van der Waals surface area (Å²) in [5, 5.41) is 11.6. The van der Waals surface area contributed by atoms with E-state index < -0.39 is 0 Å². The summed E-state index contributed by atoms with van der Waals surface area (Å²) in [6, 6.07) is 67.4. The number of nitrogens with zero attached hydrogens (tertiary/aromatic N) is 3. The van der Waals surface area contributed by atoms with Crippen LogP contribution in [0.25, 0.3) is 80.7 Å². The number of para-hydroxylation sites is 1. The summed E-state index contributed by atoms with van der Waals surface area (Å²) in [7, 11) is 0. The molecular weight excluding hydrogens is 725 g/mol. The Hall–Kier alpha value is -7.34. The second kappa shape index (κ2) is 13.1. The van der Waals surface area contributed by atoms with Gasteiger partial charge >= 0.3 is 0 Å². The van der Waals surface area contributed by atoms with Gasteiger partial charge in [-0.15, -0.1) is 11.3 Å². The normalized spacial score (nSPS) is 13.9. The molecule has 1 N–H and O–H groups in total. The van der Waals surface area contributed by atoms with Gasteiger partial charge in [0.2, 0.25) is 0 Å². The minimum absolute atomic E-state index is 0.225. The smallest absolute Gasteiger partial charge is 0.134 e. The van der Waals surface area contributed by atoms with Crippen LogP contribution in [0.4, 0.5) is 5.69 Å². The average Bonchev–Trinajstić information content (AvgIpc) is 3.86. The molecule has 11 aromatic rings. The molecule has 0 radical (unpaired) electrons. The Kier molecular flexibility index (Phi) is 7.43. The maximum Gasteiger partial charge on any atom is 0.134 e. The number of benzene rings is 8. The number of amidine groups is 1. The maximum absolute atomic E-state index is 5.25. The zero-order valence-corrected chi connectivity index (χ0v) is 32.1. The average molecular weight is 759 g/mol. The van der Waals surface area contributed by atoms with Crippen molar-refractivity contribution in [2.45, 2.75) is 6.04 Å². The predicted octanol–water partition coefficient (Wildman–Crippen LogP) is 13.8. The molecule has 3 aromatic heterocycles. The summed E-state index contributed by atoms with van der Waals surface area (Å²) in [5.74, 6) is 0.816. The first-order chi connectivity index (χ1) is 28.8. The van der Waals surface area contributed by atoms with Crippen molar-refractivity contribution in [3.8, 4) is 27.9 Å². The molecule has 4 nitrogen and oxygen atoms in total. The van der Waals surface area contributed by atoms with Gasteiger partial charge in [0.05, 0.1) is 28.5 Å². The highest BCUT2D eigenvalue weighted by Crippen LogP contribution is 2.48. The van der Waals surface area contributed by atoms with Gasteiger partial charge in [0.1, 0.15) is 5.84 Å². The first kappa shape index (κ1) is 32.9. The largest absolute Gasteiger partial charge is 0.357 e. The number of fused-ring (bicyclic) bond motifs is 11. The van der Waals surface area contributed by atoms with Gasteiger partial charge in [-0.05, 0) is 87.8 Å². The lowest BCUT2D eigenvalue weighted by atomic mass is 9.91. The molecular formula is C53H34N4S. The molecule has 12 rings (SSSR count). The topological polar surface area (TPSA) is 42.2 Å². The predicted molar refractivity (Wildman–Crippen MR) is 244 cm³/mol. The summed E-state index contributed by atoms with van der Waals surface area (Å²) in [4.78, 5) is 10.2. The molecule has 1 atom stereocenters. The van der Waals surface area contributed by atoms with Gasteiger partial charge < -0.3 is 9.88 Å². The number of aromatic nitrogens is 2. The van der Waals surface area contributed by atoms with Crippen molar-refractivity contribution in [1.29, 1.82) is 0 Å². The number of thiophene rings is 1. The fourth-order valence-corrected chi connectivity index (χ4v) is 10.3. The number of hydrogen-bond acceptors (Lipinski definition) is 4. The van der Waals surface area contributed by atoms with Gasteiger partial charge in [-0.2, -0.15) is 0 Å². The van der Waals surface area contributed by atoms with E-state index in [0.717, 1.165) is 45.2 Å². The van der Waals surface area contributed by atoms with E-state index >= 15 is 0 Å². The second-order valence-corrected chi connectivity index (χ2v) is 16.0. The van der Waals surface area contributed by atoms with Gasteiger partial charge in [0.25, 0.3) is 0 Å². The Morgan fingerprint density at radius 1 is 0.500 bits per heavy atom. The molecule has 4 heterocycles. The highest BCUT2D eigenvalue weighted by molar-refractivity contribution is 7.27. The molecule has 1 aliphatic rings. The Morgan fingerprint density at radius 3 is 1.93 bits per heavy atom. The lowest BCUT2D eigenvalue weighted by Gasteiger charge is -2.28. The zero-order chi connectivity index (χ0) is 38.2. The Morgan fingerprint density at radius 2 is 1.16 bits per heavy atom. The first-order valence-corrected chi connectivity index (χ1v) is 20.5. The number of pyridine rings is 1. The van der Waals surface area contributed by atoms with Crippen molar-refractivity contribution in [1.82, 2.24) is 14.9 Å². The SMILES string of the molecule is c1ccc(-c2cc(-c3ccccc3)cc(C3NC(c4cccc(-n5c6ccccc6c6c7sc8ccccc8c7c7ccccc7c65)c4)=Nc4cccnc43)c2)cc1. The molecule has 0 spiro atoms. The Bertz CT molecular complexity index is 3380. The second-order valence-electron chi connectivity index (χ2n) is 15.0. The highest BCUT2D eigenvalue weighted by atomic mass is 32.1. The van der Waals surface area contributed by atoms with Crippen LogP contribution in [0.1, 0.15) is 22.9 Å². The van der Waals surface area contributed by atoms with Crippen LogP contribution in [0.2, 0.25) is 0 Å². The van der Waals surface area contributed by atoms with E-state index in [4.69, 9.17) is 9.98 Å². The van der Waals surface area contributed by atoms with E-state index in [1.165, 1.54) is 63.9 Å². The van der Waals surface area contributed by atoms with Crippen LogP contribution in [0, 0.1) is 0 Å². The van der Waals surface area contributed by atoms with Gasteiger partial charge in [-0.3, -0.25) is 4.98 Å². The number of nitrogens with one attached hydrogen (secondary N) is 1. The molecule has 0 saturated carbocycles. The van der Waals surface area contributed by atoms with Crippen LogP contribution in [-0.2, 0) is 0 Å². The van der Waals surface area contributed by atoms with Crippen LogP contribution in [0.3, 0.4) is 0 Å². The van der Waals surface area contributed by atoms with Gasteiger partial charge in [0, 0.05) is 53.8 Å². The summed E-state index contributed by atoms with van der Waals surface area (Å²) in [6.07, 6.45) is 1.87. The minimum Gasteiger partial charge on any atom is -0.357 e. The van der Waals surface area contributed by atoms with E-state index in [2.05, 4.69) is 192 Å². The quantitative estimate of drug-likeness (QED) is 0.190. The summed E-state index contributed by atoms with van der Waals surface area (Å²) < 4.78 is 5.11. The number of hydrogen-bond donors (Lipinski definition) is 1. The van der Waals surface area contributed by atoms with Gasteiger partial charge in [-0.25, -0.2) is 4.99 Å². The molecule has 8 aromatic carbocycles. The molecule has 0 bridgehead atoms. The minimum atomic E-state index is -0.225. The maximum atomic E-state index is 5.25. The fraction of sp³-hybridized carbons (Fsp3) is 0.0189. The molecule has 58 heavy (non-hydrogen) atoms. The van der Waals surface area contributed by atoms with Crippen molar-refractivity contribution in [2.24, 2.45) is 4.99 Å². The lowest BCUT2D eigenvalue weighted by molar-refractivity contribution is 0.722. The molecule has 1 aliphatic heterocycles. The number of aliphatic imine (C=N–C) groups is 1. The van der Waals surface area contributed by atoms with Crippen molar-refractivity contribution in [2.75, 3.05) is 0 Å². The fourth-order valence-electron chi connectivity index (χ4n) is 9.07. The molecule has 1 unspecified atom stereocenters. The van der Waals surface area contributed by atoms with Crippen LogP contribution in [0.5, 0.6) is 0 Å². The van der Waals surface area contributed by atoms with Crippen LogP contribution >= 0.6 is 11.3 Å². The monoisotopic (exact) mass is 758 g/mol. The summed E-state index contributed by atoms with van der Waals surface area (Å²) in [6.45, 7) is 0. The van der Waals surface area contributed by atoms with Crippen molar-refractivity contribution in [3.63, 3.8) is 0 Å². The van der Waals surface area contributed by atoms with Crippen molar-refractivity contribution in [3.05, 3.63) is 211 Å². The third-order valence-corrected chi connectivity index (χ3v) is 12.8. The van der Waals surface area contributed by atoms with E-state index in [-0.39, 0.29) is 6.04 Å². The molecule has 5 heteroatoms. The first-order valence-electron chi connectivity index (χ1n) is 19.7. The third kappa shape index (κ3) is 5.14. The van der Waals surface area contributed by atoms with E-state index in [9.17, 15) is 0 Å². The zero-order valence-electron chi connectivity index (χ0n) is 31.3. The van der Waals surface area contributed by atoms with Gasteiger partial charge in [-0.1, -0.05) is 133 Å². The van der Waals surface area contributed by atoms with Gasteiger partial charge in [0.15, 0.2) is 0 Å². The third-order valence-electron chi connectivity index (χ3n) is 11.6. The molecule has 0 amide bonds.